The average molecular weight is 391 g/mol. The molecule has 0 amide bonds. The molecule has 2 heteroatoms. The van der Waals surface area contributed by atoms with Gasteiger partial charge in [0.05, 0.1) is 10.8 Å². The second-order valence-corrected chi connectivity index (χ2v) is 11.1. The van der Waals surface area contributed by atoms with Crippen LogP contribution >= 0.6 is 0 Å². The zero-order valence-corrected chi connectivity index (χ0v) is 18.5. The van der Waals surface area contributed by atoms with E-state index in [1.54, 1.807) is 0 Å². The van der Waals surface area contributed by atoms with Crippen LogP contribution in [0, 0.1) is 34.5 Å². The third kappa shape index (κ3) is 3.39. The number of alkyl halides is 1. The van der Waals surface area contributed by atoms with Crippen molar-refractivity contribution in [3.05, 3.63) is 0 Å². The Hall–Kier alpha value is -0.400. The lowest BCUT2D eigenvalue weighted by Gasteiger charge is -2.61. The van der Waals surface area contributed by atoms with Crippen LogP contribution < -0.4 is 0 Å². The van der Waals surface area contributed by atoms with Crippen LogP contribution in [0.2, 0.25) is 0 Å². The predicted molar refractivity (Wildman–Crippen MR) is 114 cm³/mol. The topological polar surface area (TPSA) is 17.1 Å². The van der Waals surface area contributed by atoms with Crippen molar-refractivity contribution in [2.75, 3.05) is 0 Å². The number of ketones is 1. The lowest BCUT2D eigenvalue weighted by molar-refractivity contribution is -0.194. The van der Waals surface area contributed by atoms with Crippen molar-refractivity contribution in [1.82, 2.24) is 0 Å². The van der Waals surface area contributed by atoms with Gasteiger partial charge in [-0.3, -0.25) is 4.79 Å². The van der Waals surface area contributed by atoms with Gasteiger partial charge < -0.3 is 0 Å². The summed E-state index contributed by atoms with van der Waals surface area (Å²) in [6, 6.07) is 0. The summed E-state index contributed by atoms with van der Waals surface area (Å²) >= 11 is 0. The molecular weight excluding hydrogens is 347 g/mol. The minimum absolute atomic E-state index is 0.354. The summed E-state index contributed by atoms with van der Waals surface area (Å²) < 4.78 is 15.6. The second kappa shape index (κ2) is 8.38. The molecule has 160 valence electrons. The molecular formula is C26H43FO. The van der Waals surface area contributed by atoms with Gasteiger partial charge in [-0.1, -0.05) is 52.4 Å². The number of halogens is 1. The van der Waals surface area contributed by atoms with Crippen molar-refractivity contribution in [3.63, 3.8) is 0 Å². The Balaban J connectivity index is 1.30. The molecule has 0 N–H and O–H groups in total. The predicted octanol–water partition coefficient (Wildman–Crippen LogP) is 7.67. The first-order chi connectivity index (χ1) is 13.6. The first-order valence-electron chi connectivity index (χ1n) is 12.7. The minimum Gasteiger partial charge on any atom is -0.298 e. The molecule has 1 atom stereocenters. The van der Waals surface area contributed by atoms with Crippen molar-refractivity contribution in [3.8, 4) is 0 Å². The fourth-order valence-electron chi connectivity index (χ4n) is 8.01. The number of carbonyl (C=O) groups excluding carboxylic acids is 1. The number of hydrogen-bond acceptors (Lipinski definition) is 1. The first kappa shape index (κ1) is 20.9. The molecule has 28 heavy (non-hydrogen) atoms. The number of carbonyl (C=O) groups is 1. The molecule has 4 rings (SSSR count). The van der Waals surface area contributed by atoms with E-state index in [4.69, 9.17) is 0 Å². The van der Waals surface area contributed by atoms with E-state index in [1.165, 1.54) is 51.4 Å². The van der Waals surface area contributed by atoms with E-state index < -0.39 is 17.0 Å². The molecule has 4 aliphatic carbocycles. The van der Waals surface area contributed by atoms with Crippen molar-refractivity contribution in [1.29, 1.82) is 0 Å². The summed E-state index contributed by atoms with van der Waals surface area (Å²) in [5.74, 6) is 3.68. The van der Waals surface area contributed by atoms with Gasteiger partial charge >= 0.3 is 0 Å². The first-order valence-corrected chi connectivity index (χ1v) is 12.7. The van der Waals surface area contributed by atoms with Crippen molar-refractivity contribution in [2.24, 2.45) is 34.5 Å². The van der Waals surface area contributed by atoms with Gasteiger partial charge in [-0.2, -0.15) is 0 Å². The van der Waals surface area contributed by atoms with Gasteiger partial charge in [0.1, 0.15) is 6.17 Å². The molecule has 0 aliphatic heterocycles. The maximum Gasteiger partial charge on any atom is 0.151 e. The normalized spacial score (nSPS) is 46.7. The number of Topliss-reactive ketones (excluding diaryl/α,β-unsaturated/α-hetero) is 1. The summed E-state index contributed by atoms with van der Waals surface area (Å²) in [4.78, 5) is 13.3. The molecule has 1 nitrogen and oxygen atoms in total. The molecule has 2 spiro atoms. The standard InChI is InChI=1S/C26H43FO/c1-3-5-19-7-9-21(10-8-19)22-13-17-26(18-14-22)23(27)25(24(26)28)15-11-20(6-4-2)12-16-25/h19-23H,3-18H2,1-2H3/t19?,20?,21?,22?,23-,25-,26-/m1/s1. The van der Waals surface area contributed by atoms with E-state index in [1.807, 2.05) is 0 Å². The van der Waals surface area contributed by atoms with E-state index in [2.05, 4.69) is 13.8 Å². The molecule has 0 bridgehead atoms. The highest BCUT2D eigenvalue weighted by atomic mass is 19.1. The van der Waals surface area contributed by atoms with E-state index in [0.29, 0.717) is 5.78 Å². The lowest BCUT2D eigenvalue weighted by Crippen LogP contribution is -2.69. The monoisotopic (exact) mass is 390 g/mol. The third-order valence-corrected chi connectivity index (χ3v) is 9.75. The van der Waals surface area contributed by atoms with Crippen LogP contribution in [-0.2, 0) is 4.79 Å². The molecule has 4 fully saturated rings. The van der Waals surface area contributed by atoms with Crippen molar-refractivity contribution < 1.29 is 9.18 Å². The molecule has 0 heterocycles. The maximum atomic E-state index is 15.6. The highest BCUT2D eigenvalue weighted by Gasteiger charge is 2.71. The Bertz CT molecular complexity index is 531. The zero-order valence-electron chi connectivity index (χ0n) is 18.5. The van der Waals surface area contributed by atoms with Crippen LogP contribution in [0.3, 0.4) is 0 Å². The highest BCUT2D eigenvalue weighted by molar-refractivity contribution is 5.98. The second-order valence-electron chi connectivity index (χ2n) is 11.1. The summed E-state index contributed by atoms with van der Waals surface area (Å²) in [6.45, 7) is 4.54. The molecule has 0 unspecified atom stereocenters. The largest absolute Gasteiger partial charge is 0.298 e. The van der Waals surface area contributed by atoms with E-state index in [-0.39, 0.29) is 0 Å². The number of rotatable bonds is 5. The fourth-order valence-corrected chi connectivity index (χ4v) is 8.01. The Morgan fingerprint density at radius 1 is 0.714 bits per heavy atom. The third-order valence-electron chi connectivity index (χ3n) is 9.75. The molecule has 4 saturated carbocycles. The van der Waals surface area contributed by atoms with Crippen LogP contribution in [0.4, 0.5) is 4.39 Å². The zero-order chi connectivity index (χ0) is 19.8. The van der Waals surface area contributed by atoms with E-state index in [9.17, 15) is 4.79 Å². The van der Waals surface area contributed by atoms with Crippen LogP contribution in [0.1, 0.15) is 117 Å². The van der Waals surface area contributed by atoms with Crippen LogP contribution in [-0.4, -0.2) is 12.0 Å². The van der Waals surface area contributed by atoms with Gasteiger partial charge in [-0.05, 0) is 87.9 Å². The fraction of sp³-hybridized carbons (Fsp3) is 0.962. The Kier molecular flexibility index (Phi) is 6.24. The van der Waals surface area contributed by atoms with E-state index in [0.717, 1.165) is 75.0 Å². The maximum absolute atomic E-state index is 15.6. The summed E-state index contributed by atoms with van der Waals surface area (Å²) in [5, 5.41) is 0. The van der Waals surface area contributed by atoms with Gasteiger partial charge in [-0.15, -0.1) is 0 Å². The van der Waals surface area contributed by atoms with Gasteiger partial charge in [0.25, 0.3) is 0 Å². The van der Waals surface area contributed by atoms with Gasteiger partial charge in [0, 0.05) is 0 Å². The summed E-state index contributed by atoms with van der Waals surface area (Å²) in [5.41, 5.74) is -1.12. The lowest BCUT2D eigenvalue weighted by atomic mass is 9.41. The Morgan fingerprint density at radius 2 is 1.14 bits per heavy atom. The van der Waals surface area contributed by atoms with Crippen molar-refractivity contribution in [2.45, 2.75) is 123 Å². The Morgan fingerprint density at radius 3 is 1.61 bits per heavy atom. The molecule has 0 radical (unpaired) electrons. The van der Waals surface area contributed by atoms with Crippen LogP contribution in [0.25, 0.3) is 0 Å². The Labute approximate surface area is 172 Å². The molecule has 0 aromatic carbocycles. The van der Waals surface area contributed by atoms with E-state index >= 15 is 4.39 Å². The highest BCUT2D eigenvalue weighted by Crippen LogP contribution is 2.66. The smallest absolute Gasteiger partial charge is 0.151 e. The SMILES string of the molecule is CCCC1CCC(C2CC[C@]3(CC2)C(=O)[C@@]2(CCC(CCC)CC2)[C@H]3F)CC1. The average Bonchev–Trinajstić information content (AvgIpc) is 2.75. The molecule has 4 aliphatic rings. The van der Waals surface area contributed by atoms with Gasteiger partial charge in [0.2, 0.25) is 0 Å². The van der Waals surface area contributed by atoms with Crippen molar-refractivity contribution >= 4 is 5.78 Å². The number of hydrogen-bond donors (Lipinski definition) is 0. The minimum atomic E-state index is -0.837. The molecule has 0 aromatic rings. The quantitative estimate of drug-likeness (QED) is 0.471. The molecule has 0 aromatic heterocycles. The van der Waals surface area contributed by atoms with Gasteiger partial charge in [0.15, 0.2) is 5.78 Å². The summed E-state index contributed by atoms with van der Waals surface area (Å²) in [7, 11) is 0. The van der Waals surface area contributed by atoms with Crippen LogP contribution in [0.5, 0.6) is 0 Å². The van der Waals surface area contributed by atoms with Gasteiger partial charge in [-0.25, -0.2) is 4.39 Å². The van der Waals surface area contributed by atoms with Crippen LogP contribution in [0.15, 0.2) is 0 Å². The molecule has 0 saturated heterocycles. The summed E-state index contributed by atoms with van der Waals surface area (Å²) in [6.07, 6.45) is 17.7.